The number of hydrogen-bond donors (Lipinski definition) is 1. The number of ether oxygens (including phenoxy) is 1. The van der Waals surface area contributed by atoms with Crippen molar-refractivity contribution >= 4 is 27.5 Å². The van der Waals surface area contributed by atoms with E-state index in [4.69, 9.17) is 4.74 Å². The third-order valence-electron chi connectivity index (χ3n) is 2.33. The summed E-state index contributed by atoms with van der Waals surface area (Å²) in [5.41, 5.74) is 1.11. The Kier molecular flexibility index (Phi) is 3.94. The third kappa shape index (κ3) is 2.87. The van der Waals surface area contributed by atoms with E-state index >= 15 is 0 Å². The molecular weight excluding hydrogens is 296 g/mol. The van der Waals surface area contributed by atoms with Crippen LogP contribution in [0.3, 0.4) is 0 Å². The molecule has 1 amide bonds. The topological polar surface area (TPSA) is 51.2 Å². The predicted molar refractivity (Wildman–Crippen MR) is 72.9 cm³/mol. The molecule has 18 heavy (non-hydrogen) atoms. The van der Waals surface area contributed by atoms with Crippen LogP contribution in [0.5, 0.6) is 5.75 Å². The number of halogens is 1. The maximum atomic E-state index is 12.0. The van der Waals surface area contributed by atoms with Gasteiger partial charge in [0, 0.05) is 16.9 Å². The average molecular weight is 307 g/mol. The minimum atomic E-state index is -0.223. The lowest BCUT2D eigenvalue weighted by atomic mass is 10.2. The quantitative estimate of drug-likeness (QED) is 0.948. The summed E-state index contributed by atoms with van der Waals surface area (Å²) in [6, 6.07) is 8.83. The highest BCUT2D eigenvalue weighted by Crippen LogP contribution is 2.28. The Morgan fingerprint density at radius 1 is 1.39 bits per heavy atom. The summed E-state index contributed by atoms with van der Waals surface area (Å²) in [5.74, 6) is 0.384. The molecule has 4 nitrogen and oxygen atoms in total. The fraction of sp³-hybridized carbons (Fsp3) is 0.0769. The molecule has 1 N–H and O–H groups in total. The number of aromatic nitrogens is 1. The molecule has 0 aliphatic heterocycles. The van der Waals surface area contributed by atoms with Crippen LogP contribution in [0.1, 0.15) is 10.4 Å². The number of hydrogen-bond acceptors (Lipinski definition) is 3. The molecule has 0 aliphatic carbocycles. The van der Waals surface area contributed by atoms with E-state index in [1.807, 2.05) is 6.07 Å². The monoisotopic (exact) mass is 306 g/mol. The van der Waals surface area contributed by atoms with Gasteiger partial charge in [-0.15, -0.1) is 0 Å². The first-order chi connectivity index (χ1) is 8.70. The minimum absolute atomic E-state index is 0.223. The minimum Gasteiger partial charge on any atom is -0.495 e. The Bertz CT molecular complexity index is 558. The molecule has 0 spiro atoms. The van der Waals surface area contributed by atoms with Crippen LogP contribution in [-0.2, 0) is 0 Å². The summed E-state index contributed by atoms with van der Waals surface area (Å²) in [6.07, 6.45) is 3.14. The second-order valence-electron chi connectivity index (χ2n) is 3.54. The summed E-state index contributed by atoms with van der Waals surface area (Å²) in [6.45, 7) is 0. The first-order valence-corrected chi connectivity index (χ1v) is 6.05. The molecule has 0 fully saturated rings. The zero-order valence-electron chi connectivity index (χ0n) is 9.68. The molecule has 92 valence electrons. The number of nitrogens with one attached hydrogen (secondary N) is 1. The number of amides is 1. The number of carbonyl (C=O) groups is 1. The molecule has 0 saturated carbocycles. The van der Waals surface area contributed by atoms with Gasteiger partial charge in [0.1, 0.15) is 5.75 Å². The van der Waals surface area contributed by atoms with E-state index in [2.05, 4.69) is 26.2 Å². The second-order valence-corrected chi connectivity index (χ2v) is 4.46. The van der Waals surface area contributed by atoms with E-state index in [1.165, 1.54) is 6.20 Å². The van der Waals surface area contributed by atoms with Crippen molar-refractivity contribution in [3.05, 3.63) is 52.8 Å². The van der Waals surface area contributed by atoms with E-state index in [0.717, 1.165) is 4.47 Å². The van der Waals surface area contributed by atoms with Gasteiger partial charge in [0.05, 0.1) is 18.4 Å². The van der Waals surface area contributed by atoms with E-state index in [-0.39, 0.29) is 5.91 Å². The molecule has 5 heteroatoms. The molecular formula is C13H11BrN2O2. The highest BCUT2D eigenvalue weighted by Gasteiger charge is 2.09. The van der Waals surface area contributed by atoms with Crippen molar-refractivity contribution in [2.75, 3.05) is 12.4 Å². The van der Waals surface area contributed by atoms with Crippen LogP contribution in [-0.4, -0.2) is 18.0 Å². The molecule has 1 aromatic heterocycles. The van der Waals surface area contributed by atoms with Crippen LogP contribution in [0.25, 0.3) is 0 Å². The third-order valence-corrected chi connectivity index (χ3v) is 2.83. The van der Waals surface area contributed by atoms with E-state index in [0.29, 0.717) is 17.0 Å². The van der Waals surface area contributed by atoms with Gasteiger partial charge in [-0.25, -0.2) is 0 Å². The zero-order chi connectivity index (χ0) is 13.0. The Morgan fingerprint density at radius 3 is 2.89 bits per heavy atom. The van der Waals surface area contributed by atoms with Crippen molar-refractivity contribution < 1.29 is 9.53 Å². The first kappa shape index (κ1) is 12.6. The molecule has 2 rings (SSSR count). The summed E-state index contributed by atoms with van der Waals surface area (Å²) in [4.78, 5) is 15.9. The number of carbonyl (C=O) groups excluding carboxylic acids is 1. The van der Waals surface area contributed by atoms with Gasteiger partial charge in [0.15, 0.2) is 0 Å². The van der Waals surface area contributed by atoms with Gasteiger partial charge >= 0.3 is 0 Å². The van der Waals surface area contributed by atoms with Crippen LogP contribution in [0, 0.1) is 0 Å². The Labute approximate surface area is 113 Å². The molecule has 0 atom stereocenters. The number of methoxy groups -OCH3 is 1. The molecule has 0 bridgehead atoms. The molecule has 0 radical (unpaired) electrons. The van der Waals surface area contributed by atoms with Gasteiger partial charge in [-0.05, 0) is 30.3 Å². The molecule has 0 saturated heterocycles. The smallest absolute Gasteiger partial charge is 0.257 e. The summed E-state index contributed by atoms with van der Waals surface area (Å²) >= 11 is 3.35. The SMILES string of the molecule is COc1ccc(Br)cc1NC(=O)c1cccnc1. The Hall–Kier alpha value is -1.88. The van der Waals surface area contributed by atoms with Gasteiger partial charge < -0.3 is 10.1 Å². The van der Waals surface area contributed by atoms with Crippen LogP contribution in [0.4, 0.5) is 5.69 Å². The average Bonchev–Trinajstić information content (AvgIpc) is 2.40. The van der Waals surface area contributed by atoms with Gasteiger partial charge in [0.25, 0.3) is 5.91 Å². The highest BCUT2D eigenvalue weighted by molar-refractivity contribution is 9.10. The molecule has 0 aliphatic rings. The number of anilines is 1. The number of benzene rings is 1. The summed E-state index contributed by atoms with van der Waals surface area (Å²) < 4.78 is 6.05. The number of rotatable bonds is 3. The van der Waals surface area contributed by atoms with Gasteiger partial charge in [0.2, 0.25) is 0 Å². The Balaban J connectivity index is 2.24. The largest absolute Gasteiger partial charge is 0.495 e. The van der Waals surface area contributed by atoms with Crippen molar-refractivity contribution in [1.82, 2.24) is 4.98 Å². The van der Waals surface area contributed by atoms with Crippen LogP contribution >= 0.6 is 15.9 Å². The lowest BCUT2D eigenvalue weighted by Crippen LogP contribution is -2.12. The van der Waals surface area contributed by atoms with Crippen LogP contribution < -0.4 is 10.1 Å². The van der Waals surface area contributed by atoms with Crippen LogP contribution in [0.15, 0.2) is 47.2 Å². The van der Waals surface area contributed by atoms with Crippen LogP contribution in [0.2, 0.25) is 0 Å². The van der Waals surface area contributed by atoms with Gasteiger partial charge in [-0.3, -0.25) is 9.78 Å². The Morgan fingerprint density at radius 2 is 2.22 bits per heavy atom. The maximum Gasteiger partial charge on any atom is 0.257 e. The fourth-order valence-corrected chi connectivity index (χ4v) is 1.83. The fourth-order valence-electron chi connectivity index (χ4n) is 1.47. The predicted octanol–water partition coefficient (Wildman–Crippen LogP) is 3.11. The van der Waals surface area contributed by atoms with E-state index in [9.17, 15) is 4.79 Å². The van der Waals surface area contributed by atoms with Crippen molar-refractivity contribution in [1.29, 1.82) is 0 Å². The molecule has 0 unspecified atom stereocenters. The van der Waals surface area contributed by atoms with Crippen molar-refractivity contribution in [2.24, 2.45) is 0 Å². The molecule has 2 aromatic rings. The standard InChI is InChI=1S/C13H11BrN2O2/c1-18-12-5-4-10(14)7-11(12)16-13(17)9-3-2-6-15-8-9/h2-8H,1H3,(H,16,17). The van der Waals surface area contributed by atoms with Crippen molar-refractivity contribution in [3.8, 4) is 5.75 Å². The maximum absolute atomic E-state index is 12.0. The summed E-state index contributed by atoms with van der Waals surface area (Å²) in [5, 5.41) is 2.78. The van der Waals surface area contributed by atoms with Gasteiger partial charge in [-0.2, -0.15) is 0 Å². The second kappa shape index (κ2) is 5.64. The lowest BCUT2D eigenvalue weighted by Gasteiger charge is -2.10. The zero-order valence-corrected chi connectivity index (χ0v) is 11.3. The number of pyridine rings is 1. The lowest BCUT2D eigenvalue weighted by molar-refractivity contribution is 0.102. The van der Waals surface area contributed by atoms with Crippen molar-refractivity contribution in [3.63, 3.8) is 0 Å². The normalized spacial score (nSPS) is 9.89. The highest BCUT2D eigenvalue weighted by atomic mass is 79.9. The summed E-state index contributed by atoms with van der Waals surface area (Å²) in [7, 11) is 1.56. The molecule has 1 aromatic carbocycles. The number of nitrogens with zero attached hydrogens (tertiary/aromatic N) is 1. The van der Waals surface area contributed by atoms with E-state index < -0.39 is 0 Å². The van der Waals surface area contributed by atoms with Gasteiger partial charge in [-0.1, -0.05) is 15.9 Å². The van der Waals surface area contributed by atoms with Crippen molar-refractivity contribution in [2.45, 2.75) is 0 Å². The molecule has 1 heterocycles. The van der Waals surface area contributed by atoms with E-state index in [1.54, 1.807) is 37.6 Å². The first-order valence-electron chi connectivity index (χ1n) is 5.25.